The van der Waals surface area contributed by atoms with Gasteiger partial charge < -0.3 is 9.42 Å². The summed E-state index contributed by atoms with van der Waals surface area (Å²) in [6.07, 6.45) is 0.430. The Balaban J connectivity index is 1.53. The first kappa shape index (κ1) is 16.0. The van der Waals surface area contributed by atoms with Crippen molar-refractivity contribution in [2.75, 3.05) is 6.54 Å². The molecule has 0 bridgehead atoms. The summed E-state index contributed by atoms with van der Waals surface area (Å²) in [4.78, 5) is 19.9. The smallest absolute Gasteiger partial charge is 0.232 e. The van der Waals surface area contributed by atoms with Crippen LogP contribution >= 0.6 is 11.3 Å². The van der Waals surface area contributed by atoms with E-state index in [4.69, 9.17) is 4.52 Å². The Morgan fingerprint density at radius 1 is 1.32 bits per heavy atom. The number of amides is 1. The van der Waals surface area contributed by atoms with Crippen LogP contribution in [-0.4, -0.2) is 27.5 Å². The highest BCUT2D eigenvalue weighted by Crippen LogP contribution is 2.31. The molecule has 0 N–H and O–H groups in total. The molecule has 5 nitrogen and oxygen atoms in total. The molecule has 2 aromatic heterocycles. The quantitative estimate of drug-likeness (QED) is 0.713. The number of carbonyl (C=O) groups excluding carboxylic acids is 1. The number of rotatable bonds is 4. The predicted octanol–water partition coefficient (Wildman–Crippen LogP) is 3.93. The number of aromatic nitrogens is 2. The van der Waals surface area contributed by atoms with Crippen molar-refractivity contribution in [1.29, 1.82) is 0 Å². The number of hydrogen-bond acceptors (Lipinski definition) is 5. The van der Waals surface area contributed by atoms with E-state index in [0.717, 1.165) is 16.7 Å². The molecule has 4 rings (SSSR count). The lowest BCUT2D eigenvalue weighted by molar-refractivity contribution is -0.128. The molecule has 1 aliphatic rings. The molecule has 1 unspecified atom stereocenters. The first-order chi connectivity index (χ1) is 12.1. The molecule has 1 saturated heterocycles. The summed E-state index contributed by atoms with van der Waals surface area (Å²) in [7, 11) is 0. The first-order valence-electron chi connectivity index (χ1n) is 8.31. The van der Waals surface area contributed by atoms with Gasteiger partial charge in [0.25, 0.3) is 0 Å². The SMILES string of the molecule is Cc1ccc(C)c(-c2noc(C3CC(=O)N(Cc4cccs4)C3)n2)c1. The first-order valence-corrected chi connectivity index (χ1v) is 9.19. The van der Waals surface area contributed by atoms with Crippen molar-refractivity contribution in [2.24, 2.45) is 0 Å². The van der Waals surface area contributed by atoms with E-state index < -0.39 is 0 Å². The van der Waals surface area contributed by atoms with Gasteiger partial charge >= 0.3 is 0 Å². The van der Waals surface area contributed by atoms with Crippen LogP contribution in [0, 0.1) is 13.8 Å². The summed E-state index contributed by atoms with van der Waals surface area (Å²) in [6, 6.07) is 10.2. The lowest BCUT2D eigenvalue weighted by Gasteiger charge is -2.14. The van der Waals surface area contributed by atoms with Crippen molar-refractivity contribution in [3.8, 4) is 11.4 Å². The molecule has 1 aromatic carbocycles. The van der Waals surface area contributed by atoms with Crippen LogP contribution in [0.4, 0.5) is 0 Å². The van der Waals surface area contributed by atoms with Gasteiger partial charge in [-0.2, -0.15) is 4.98 Å². The van der Waals surface area contributed by atoms with E-state index in [0.29, 0.717) is 31.2 Å². The van der Waals surface area contributed by atoms with Gasteiger partial charge in [-0.3, -0.25) is 4.79 Å². The second kappa shape index (κ2) is 6.44. The van der Waals surface area contributed by atoms with Gasteiger partial charge in [0.1, 0.15) is 0 Å². The van der Waals surface area contributed by atoms with E-state index in [1.54, 1.807) is 11.3 Å². The summed E-state index contributed by atoms with van der Waals surface area (Å²) < 4.78 is 5.49. The summed E-state index contributed by atoms with van der Waals surface area (Å²) >= 11 is 1.67. The van der Waals surface area contributed by atoms with Gasteiger partial charge in [0, 0.05) is 23.4 Å². The van der Waals surface area contributed by atoms with E-state index in [1.807, 2.05) is 30.2 Å². The molecule has 0 radical (unpaired) electrons. The van der Waals surface area contributed by atoms with Gasteiger partial charge in [-0.25, -0.2) is 0 Å². The highest BCUT2D eigenvalue weighted by molar-refractivity contribution is 7.09. The average Bonchev–Trinajstić information content (AvgIpc) is 3.32. The third-order valence-electron chi connectivity index (χ3n) is 4.57. The Bertz CT molecular complexity index is 901. The van der Waals surface area contributed by atoms with Crippen LogP contribution in [0.3, 0.4) is 0 Å². The molecule has 128 valence electrons. The maximum Gasteiger partial charge on any atom is 0.232 e. The highest BCUT2D eigenvalue weighted by Gasteiger charge is 2.34. The van der Waals surface area contributed by atoms with E-state index in [-0.39, 0.29) is 11.8 Å². The fraction of sp³-hybridized carbons (Fsp3) is 0.316. The summed E-state index contributed by atoms with van der Waals surface area (Å²) in [5.74, 6) is 1.27. The van der Waals surface area contributed by atoms with Gasteiger partial charge in [0.2, 0.25) is 17.6 Å². The Morgan fingerprint density at radius 3 is 3.00 bits per heavy atom. The van der Waals surface area contributed by atoms with Crippen LogP contribution in [0.15, 0.2) is 40.2 Å². The summed E-state index contributed by atoms with van der Waals surface area (Å²) in [6.45, 7) is 5.37. The second-order valence-electron chi connectivity index (χ2n) is 6.53. The number of benzene rings is 1. The number of carbonyl (C=O) groups is 1. The van der Waals surface area contributed by atoms with Crippen LogP contribution in [-0.2, 0) is 11.3 Å². The Morgan fingerprint density at radius 2 is 2.20 bits per heavy atom. The van der Waals surface area contributed by atoms with Crippen LogP contribution < -0.4 is 0 Å². The van der Waals surface area contributed by atoms with E-state index in [2.05, 4.69) is 34.4 Å². The number of likely N-dealkylation sites (tertiary alicyclic amines) is 1. The van der Waals surface area contributed by atoms with Gasteiger partial charge in [0.15, 0.2) is 0 Å². The number of nitrogens with zero attached hydrogens (tertiary/aromatic N) is 3. The maximum atomic E-state index is 12.3. The zero-order valence-corrected chi connectivity index (χ0v) is 15.0. The molecule has 3 aromatic rings. The van der Waals surface area contributed by atoms with Crippen LogP contribution in [0.5, 0.6) is 0 Å². The zero-order chi connectivity index (χ0) is 17.4. The molecule has 0 aliphatic carbocycles. The largest absolute Gasteiger partial charge is 0.339 e. The Hall–Kier alpha value is -2.47. The monoisotopic (exact) mass is 353 g/mol. The molecular formula is C19H19N3O2S. The molecule has 0 spiro atoms. The molecule has 6 heteroatoms. The minimum atomic E-state index is -0.0289. The van der Waals surface area contributed by atoms with Gasteiger partial charge in [-0.1, -0.05) is 28.9 Å². The molecule has 25 heavy (non-hydrogen) atoms. The van der Waals surface area contributed by atoms with Crippen molar-refractivity contribution < 1.29 is 9.32 Å². The van der Waals surface area contributed by atoms with E-state index in [1.165, 1.54) is 4.88 Å². The standard InChI is InChI=1S/C19H19N3O2S/c1-12-5-6-13(2)16(8-12)18-20-19(24-21-18)14-9-17(23)22(10-14)11-15-4-3-7-25-15/h3-8,14H,9-11H2,1-2H3. The van der Waals surface area contributed by atoms with E-state index in [9.17, 15) is 4.79 Å². The zero-order valence-electron chi connectivity index (χ0n) is 14.2. The Labute approximate surface area is 150 Å². The van der Waals surface area contributed by atoms with Crippen molar-refractivity contribution >= 4 is 17.2 Å². The molecule has 1 atom stereocenters. The van der Waals surface area contributed by atoms with E-state index >= 15 is 0 Å². The maximum absolute atomic E-state index is 12.3. The fourth-order valence-corrected chi connectivity index (χ4v) is 3.89. The topological polar surface area (TPSA) is 59.2 Å². The van der Waals surface area contributed by atoms with Crippen molar-refractivity contribution in [2.45, 2.75) is 32.7 Å². The molecule has 3 heterocycles. The van der Waals surface area contributed by atoms with Crippen LogP contribution in [0.2, 0.25) is 0 Å². The summed E-state index contributed by atoms with van der Waals surface area (Å²) in [5, 5.41) is 6.17. The minimum absolute atomic E-state index is 0.0289. The second-order valence-corrected chi connectivity index (χ2v) is 7.56. The van der Waals surface area contributed by atoms with Gasteiger partial charge in [-0.15, -0.1) is 11.3 Å². The summed E-state index contributed by atoms with van der Waals surface area (Å²) in [5.41, 5.74) is 3.25. The average molecular weight is 353 g/mol. The number of aryl methyl sites for hydroxylation is 2. The number of hydrogen-bond donors (Lipinski definition) is 0. The normalized spacial score (nSPS) is 17.4. The minimum Gasteiger partial charge on any atom is -0.339 e. The fourth-order valence-electron chi connectivity index (χ4n) is 3.17. The molecule has 0 saturated carbocycles. The van der Waals surface area contributed by atoms with Gasteiger partial charge in [-0.05, 0) is 36.9 Å². The van der Waals surface area contributed by atoms with Gasteiger partial charge in [0.05, 0.1) is 12.5 Å². The third kappa shape index (κ3) is 3.22. The van der Waals surface area contributed by atoms with Crippen LogP contribution in [0.25, 0.3) is 11.4 Å². The lowest BCUT2D eigenvalue weighted by atomic mass is 10.1. The third-order valence-corrected chi connectivity index (χ3v) is 5.43. The van der Waals surface area contributed by atoms with Crippen molar-refractivity contribution in [1.82, 2.24) is 15.0 Å². The van der Waals surface area contributed by atoms with Crippen molar-refractivity contribution in [3.05, 3.63) is 57.6 Å². The lowest BCUT2D eigenvalue weighted by Crippen LogP contribution is -2.23. The Kier molecular flexibility index (Phi) is 4.13. The van der Waals surface area contributed by atoms with Crippen LogP contribution in [0.1, 0.15) is 34.2 Å². The molecule has 1 amide bonds. The molecule has 1 aliphatic heterocycles. The predicted molar refractivity (Wildman–Crippen MR) is 96.3 cm³/mol. The molecular weight excluding hydrogens is 334 g/mol. The molecule has 1 fully saturated rings. The highest BCUT2D eigenvalue weighted by atomic mass is 32.1. The van der Waals surface area contributed by atoms with Crippen molar-refractivity contribution in [3.63, 3.8) is 0 Å². The number of thiophene rings is 1.